The molecule has 0 rings (SSSR count). The lowest BCUT2D eigenvalue weighted by atomic mass is 10.1. The smallest absolute Gasteiger partial charge is 0.00815 e. The van der Waals surface area contributed by atoms with E-state index in [1.165, 1.54) is 0 Å². The van der Waals surface area contributed by atoms with Crippen LogP contribution in [0.2, 0.25) is 0 Å². The number of nitrogens with zero attached hydrogens (tertiary/aromatic N) is 1. The molecule has 0 fully saturated rings. The van der Waals surface area contributed by atoms with Gasteiger partial charge in [0.2, 0.25) is 0 Å². The largest absolute Gasteiger partial charge is 0.330 e. The van der Waals surface area contributed by atoms with Crippen LogP contribution >= 0.6 is 0 Å². The highest BCUT2D eigenvalue weighted by Crippen LogP contribution is 2.06. The van der Waals surface area contributed by atoms with Gasteiger partial charge >= 0.3 is 0 Å². The van der Waals surface area contributed by atoms with Crippen LogP contribution in [0.1, 0.15) is 34.1 Å². The van der Waals surface area contributed by atoms with Gasteiger partial charge in [0, 0.05) is 12.1 Å². The first-order valence-corrected chi connectivity index (χ1v) is 4.59. The molecule has 0 aliphatic carbocycles. The maximum atomic E-state index is 5.50. The van der Waals surface area contributed by atoms with E-state index >= 15 is 0 Å². The molecular formula is C9H22N2. The summed E-state index contributed by atoms with van der Waals surface area (Å²) in [6, 6.07) is 1.27. The van der Waals surface area contributed by atoms with Crippen molar-refractivity contribution in [3.05, 3.63) is 0 Å². The van der Waals surface area contributed by atoms with Crippen LogP contribution < -0.4 is 5.73 Å². The zero-order valence-electron chi connectivity index (χ0n) is 8.30. The van der Waals surface area contributed by atoms with E-state index in [1.54, 1.807) is 0 Å². The highest BCUT2D eigenvalue weighted by molar-refractivity contribution is 4.69. The molecule has 2 heteroatoms. The number of rotatable bonds is 5. The van der Waals surface area contributed by atoms with Crippen LogP contribution in [0.3, 0.4) is 0 Å². The summed E-state index contributed by atoms with van der Waals surface area (Å²) in [4.78, 5) is 2.47. The zero-order valence-corrected chi connectivity index (χ0v) is 8.30. The monoisotopic (exact) mass is 158 g/mol. The third-order valence-electron chi connectivity index (χ3n) is 2.18. The minimum atomic E-state index is 0.630. The molecule has 0 bridgehead atoms. The quantitative estimate of drug-likeness (QED) is 0.656. The Morgan fingerprint density at radius 1 is 1.27 bits per heavy atom. The summed E-state index contributed by atoms with van der Waals surface area (Å²) in [5.41, 5.74) is 5.50. The molecule has 0 amide bonds. The fourth-order valence-electron chi connectivity index (χ4n) is 1.59. The van der Waals surface area contributed by atoms with Crippen molar-refractivity contribution < 1.29 is 0 Å². The summed E-state index contributed by atoms with van der Waals surface area (Å²) < 4.78 is 0. The molecular weight excluding hydrogens is 136 g/mol. The van der Waals surface area contributed by atoms with Crippen LogP contribution in [0.25, 0.3) is 0 Å². The van der Waals surface area contributed by atoms with E-state index in [9.17, 15) is 0 Å². The van der Waals surface area contributed by atoms with Crippen molar-refractivity contribution in [3.63, 3.8) is 0 Å². The normalized spacial score (nSPS) is 14.5. The lowest BCUT2D eigenvalue weighted by molar-refractivity contribution is 0.167. The summed E-state index contributed by atoms with van der Waals surface area (Å²) in [7, 11) is 0. The van der Waals surface area contributed by atoms with E-state index in [0.717, 1.165) is 19.5 Å². The van der Waals surface area contributed by atoms with Crippen LogP contribution in [0.5, 0.6) is 0 Å². The molecule has 1 atom stereocenters. The zero-order chi connectivity index (χ0) is 8.85. The van der Waals surface area contributed by atoms with Crippen LogP contribution in [0, 0.1) is 0 Å². The van der Waals surface area contributed by atoms with Crippen LogP contribution in [0.15, 0.2) is 0 Å². The molecule has 11 heavy (non-hydrogen) atoms. The Labute approximate surface area is 70.8 Å². The molecule has 0 radical (unpaired) electrons. The molecule has 0 aliphatic rings. The molecule has 0 aromatic rings. The molecule has 0 aliphatic heterocycles. The molecule has 0 saturated heterocycles. The van der Waals surface area contributed by atoms with Gasteiger partial charge in [-0.3, -0.25) is 4.90 Å². The number of hydrogen-bond acceptors (Lipinski definition) is 2. The van der Waals surface area contributed by atoms with Crippen molar-refractivity contribution in [2.75, 3.05) is 13.1 Å². The minimum absolute atomic E-state index is 0.630. The number of hydrogen-bond donors (Lipinski definition) is 1. The van der Waals surface area contributed by atoms with Gasteiger partial charge < -0.3 is 5.73 Å². The van der Waals surface area contributed by atoms with Crippen molar-refractivity contribution >= 4 is 0 Å². The maximum absolute atomic E-state index is 5.50. The molecule has 0 aromatic carbocycles. The van der Waals surface area contributed by atoms with Gasteiger partial charge in [-0.05, 0) is 40.3 Å². The molecule has 1 unspecified atom stereocenters. The highest BCUT2D eigenvalue weighted by Gasteiger charge is 2.13. The van der Waals surface area contributed by atoms with Gasteiger partial charge in [-0.15, -0.1) is 0 Å². The van der Waals surface area contributed by atoms with Gasteiger partial charge in [0.25, 0.3) is 0 Å². The Morgan fingerprint density at radius 2 is 1.82 bits per heavy atom. The summed E-state index contributed by atoms with van der Waals surface area (Å²) in [5, 5.41) is 0. The Kier molecular flexibility index (Phi) is 5.51. The Balaban J connectivity index is 3.81. The van der Waals surface area contributed by atoms with Gasteiger partial charge in [-0.1, -0.05) is 6.92 Å². The fourth-order valence-corrected chi connectivity index (χ4v) is 1.59. The van der Waals surface area contributed by atoms with Crippen molar-refractivity contribution in [2.24, 2.45) is 5.73 Å². The lowest BCUT2D eigenvalue weighted by Crippen LogP contribution is -2.39. The van der Waals surface area contributed by atoms with Crippen LogP contribution in [-0.2, 0) is 0 Å². The van der Waals surface area contributed by atoms with Crippen molar-refractivity contribution in [3.8, 4) is 0 Å². The standard InChI is InChI=1S/C9H22N2/c1-5-11(8(2)3)9(4)6-7-10/h8-9H,5-7,10H2,1-4H3. The van der Waals surface area contributed by atoms with Crippen molar-refractivity contribution in [2.45, 2.75) is 46.2 Å². The second kappa shape index (κ2) is 5.56. The maximum Gasteiger partial charge on any atom is 0.00815 e. The van der Waals surface area contributed by atoms with Gasteiger partial charge in [-0.25, -0.2) is 0 Å². The van der Waals surface area contributed by atoms with E-state index in [1.807, 2.05) is 0 Å². The Bertz CT molecular complexity index is 91.6. The molecule has 2 nitrogen and oxygen atoms in total. The van der Waals surface area contributed by atoms with Crippen molar-refractivity contribution in [1.82, 2.24) is 4.90 Å². The first-order chi connectivity index (χ1) is 5.13. The fraction of sp³-hybridized carbons (Fsp3) is 1.00. The topological polar surface area (TPSA) is 29.3 Å². The average Bonchev–Trinajstić information content (AvgIpc) is 1.88. The van der Waals surface area contributed by atoms with E-state index in [2.05, 4.69) is 32.6 Å². The average molecular weight is 158 g/mol. The van der Waals surface area contributed by atoms with E-state index in [0.29, 0.717) is 12.1 Å². The summed E-state index contributed by atoms with van der Waals surface area (Å²) in [5.74, 6) is 0. The lowest BCUT2D eigenvalue weighted by Gasteiger charge is -2.31. The summed E-state index contributed by atoms with van der Waals surface area (Å²) in [6.07, 6.45) is 1.10. The Morgan fingerprint density at radius 3 is 2.09 bits per heavy atom. The molecule has 0 aromatic heterocycles. The second-order valence-electron chi connectivity index (χ2n) is 3.35. The van der Waals surface area contributed by atoms with Crippen molar-refractivity contribution in [1.29, 1.82) is 0 Å². The minimum Gasteiger partial charge on any atom is -0.330 e. The third-order valence-corrected chi connectivity index (χ3v) is 2.18. The van der Waals surface area contributed by atoms with Crippen LogP contribution in [-0.4, -0.2) is 30.1 Å². The molecule has 68 valence electrons. The van der Waals surface area contributed by atoms with Gasteiger partial charge in [-0.2, -0.15) is 0 Å². The van der Waals surface area contributed by atoms with E-state index in [-0.39, 0.29) is 0 Å². The predicted octanol–water partition coefficient (Wildman–Crippen LogP) is 1.45. The molecule has 0 heterocycles. The van der Waals surface area contributed by atoms with Crippen LogP contribution in [0.4, 0.5) is 0 Å². The third kappa shape index (κ3) is 3.73. The molecule has 2 N–H and O–H groups in total. The SMILES string of the molecule is CCN(C(C)C)C(C)CCN. The second-order valence-corrected chi connectivity index (χ2v) is 3.35. The van der Waals surface area contributed by atoms with E-state index < -0.39 is 0 Å². The Hall–Kier alpha value is -0.0800. The van der Waals surface area contributed by atoms with Gasteiger partial charge in [0.15, 0.2) is 0 Å². The first-order valence-electron chi connectivity index (χ1n) is 4.59. The first kappa shape index (κ1) is 10.9. The van der Waals surface area contributed by atoms with Gasteiger partial charge in [0.05, 0.1) is 0 Å². The predicted molar refractivity (Wildman–Crippen MR) is 50.6 cm³/mol. The number of nitrogens with two attached hydrogens (primary N) is 1. The molecule has 0 spiro atoms. The summed E-state index contributed by atoms with van der Waals surface area (Å²) in [6.45, 7) is 10.8. The van der Waals surface area contributed by atoms with Gasteiger partial charge in [0.1, 0.15) is 0 Å². The summed E-state index contributed by atoms with van der Waals surface area (Å²) >= 11 is 0. The van der Waals surface area contributed by atoms with E-state index in [4.69, 9.17) is 5.73 Å². The molecule has 0 saturated carbocycles. The highest BCUT2D eigenvalue weighted by atomic mass is 15.2.